The molecule has 0 N–H and O–H groups in total. The summed E-state index contributed by atoms with van der Waals surface area (Å²) in [6.07, 6.45) is 4.51. The maximum absolute atomic E-state index is 6.09. The van der Waals surface area contributed by atoms with E-state index in [2.05, 4.69) is 35.9 Å². The molecule has 106 valence electrons. The summed E-state index contributed by atoms with van der Waals surface area (Å²) >= 11 is 9.56. The van der Waals surface area contributed by atoms with Gasteiger partial charge in [-0.1, -0.05) is 11.6 Å². The molecule has 21 heavy (non-hydrogen) atoms. The first-order chi connectivity index (χ1) is 10.1. The molecule has 0 spiro atoms. The Hall–Kier alpha value is -1.79. The Kier molecular flexibility index (Phi) is 3.98. The van der Waals surface area contributed by atoms with Crippen LogP contribution >= 0.6 is 27.5 Å². The summed E-state index contributed by atoms with van der Waals surface area (Å²) in [5.74, 6) is 1.25. The van der Waals surface area contributed by atoms with Crippen molar-refractivity contribution < 1.29 is 4.74 Å². The van der Waals surface area contributed by atoms with Gasteiger partial charge in [0.15, 0.2) is 11.9 Å². The molecule has 1 atom stereocenters. The number of benzene rings is 1. The van der Waals surface area contributed by atoms with Gasteiger partial charge in [0.05, 0.1) is 9.99 Å². The van der Waals surface area contributed by atoms with Crippen molar-refractivity contribution in [2.45, 2.75) is 13.0 Å². The van der Waals surface area contributed by atoms with E-state index < -0.39 is 0 Å². The molecule has 0 aliphatic heterocycles. The van der Waals surface area contributed by atoms with E-state index in [9.17, 15) is 0 Å². The zero-order valence-electron chi connectivity index (χ0n) is 11.0. The third-order valence-corrected chi connectivity index (χ3v) is 3.81. The average Bonchev–Trinajstić information content (AvgIpc) is 2.50. The Labute approximate surface area is 134 Å². The van der Waals surface area contributed by atoms with Gasteiger partial charge in [-0.15, -0.1) is 0 Å². The monoisotopic (exact) mass is 364 g/mol. The first kappa shape index (κ1) is 14.2. The van der Waals surface area contributed by atoms with Crippen molar-refractivity contribution in [3.63, 3.8) is 0 Å². The number of rotatable bonds is 3. The van der Waals surface area contributed by atoms with Crippen molar-refractivity contribution in [3.05, 3.63) is 52.4 Å². The fourth-order valence-electron chi connectivity index (χ4n) is 1.88. The van der Waals surface area contributed by atoms with E-state index in [0.29, 0.717) is 16.7 Å². The lowest BCUT2D eigenvalue weighted by molar-refractivity contribution is 0.215. The van der Waals surface area contributed by atoms with E-state index in [1.165, 1.54) is 6.33 Å². The number of fused-ring (bicyclic) bond motifs is 1. The molecule has 0 saturated carbocycles. The molecule has 2 heterocycles. The van der Waals surface area contributed by atoms with Crippen molar-refractivity contribution in [1.29, 1.82) is 0 Å². The van der Waals surface area contributed by atoms with Gasteiger partial charge in [0.2, 0.25) is 0 Å². The standard InChI is InChI=1S/C14H10BrClN4O/c1-8(14-17-3-2-4-18-14)21-12-5-9-11(6-10(12)15)19-7-20-13(9)16/h2-8H,1H3/t8-/m1/s1. The second-order valence-corrected chi connectivity index (χ2v) is 5.54. The highest BCUT2D eigenvalue weighted by Gasteiger charge is 2.14. The number of hydrogen-bond acceptors (Lipinski definition) is 5. The quantitative estimate of drug-likeness (QED) is 0.657. The van der Waals surface area contributed by atoms with Crippen molar-refractivity contribution in [2.24, 2.45) is 0 Å². The number of ether oxygens (including phenoxy) is 1. The van der Waals surface area contributed by atoms with E-state index >= 15 is 0 Å². The van der Waals surface area contributed by atoms with E-state index in [1.54, 1.807) is 24.5 Å². The van der Waals surface area contributed by atoms with Crippen LogP contribution in [0, 0.1) is 0 Å². The van der Waals surface area contributed by atoms with E-state index in [1.807, 2.05) is 13.0 Å². The fraction of sp³-hybridized carbons (Fsp3) is 0.143. The van der Waals surface area contributed by atoms with Crippen LogP contribution in [-0.4, -0.2) is 19.9 Å². The summed E-state index contributed by atoms with van der Waals surface area (Å²) in [5.41, 5.74) is 0.748. The molecule has 0 radical (unpaired) electrons. The predicted molar refractivity (Wildman–Crippen MR) is 83.3 cm³/mol. The molecule has 7 heteroatoms. The van der Waals surface area contributed by atoms with E-state index in [0.717, 1.165) is 15.4 Å². The number of halogens is 2. The molecule has 5 nitrogen and oxygen atoms in total. The van der Waals surface area contributed by atoms with Crippen LogP contribution in [0.3, 0.4) is 0 Å². The molecule has 0 fully saturated rings. The third kappa shape index (κ3) is 2.96. The van der Waals surface area contributed by atoms with E-state index in [-0.39, 0.29) is 6.10 Å². The summed E-state index contributed by atoms with van der Waals surface area (Å²) in [6.45, 7) is 1.88. The number of aromatic nitrogens is 4. The van der Waals surface area contributed by atoms with Gasteiger partial charge in [-0.3, -0.25) is 0 Å². The average molecular weight is 366 g/mol. The first-order valence-electron chi connectivity index (χ1n) is 6.18. The van der Waals surface area contributed by atoms with Crippen LogP contribution in [0.1, 0.15) is 18.9 Å². The maximum Gasteiger partial charge on any atom is 0.168 e. The summed E-state index contributed by atoms with van der Waals surface area (Å²) in [6, 6.07) is 5.41. The van der Waals surface area contributed by atoms with Crippen LogP contribution in [0.5, 0.6) is 5.75 Å². The minimum Gasteiger partial charge on any atom is -0.482 e. The highest BCUT2D eigenvalue weighted by atomic mass is 79.9. The zero-order chi connectivity index (χ0) is 14.8. The molecule has 1 aromatic carbocycles. The lowest BCUT2D eigenvalue weighted by Crippen LogP contribution is -2.07. The van der Waals surface area contributed by atoms with Crippen molar-refractivity contribution in [1.82, 2.24) is 19.9 Å². The highest BCUT2D eigenvalue weighted by Crippen LogP contribution is 2.34. The smallest absolute Gasteiger partial charge is 0.168 e. The van der Waals surface area contributed by atoms with Crippen molar-refractivity contribution in [2.75, 3.05) is 0 Å². The Balaban J connectivity index is 1.97. The van der Waals surface area contributed by atoms with Crippen LogP contribution in [0.2, 0.25) is 5.15 Å². The Bertz CT molecular complexity index is 785. The van der Waals surface area contributed by atoms with Gasteiger partial charge in [0, 0.05) is 17.8 Å². The van der Waals surface area contributed by atoms with Crippen molar-refractivity contribution >= 4 is 38.4 Å². The van der Waals surface area contributed by atoms with Gasteiger partial charge in [0.25, 0.3) is 0 Å². The second-order valence-electron chi connectivity index (χ2n) is 4.33. The molecule has 2 aromatic heterocycles. The Morgan fingerprint density at radius 1 is 1.14 bits per heavy atom. The number of hydrogen-bond donors (Lipinski definition) is 0. The van der Waals surface area contributed by atoms with Gasteiger partial charge >= 0.3 is 0 Å². The first-order valence-corrected chi connectivity index (χ1v) is 7.35. The van der Waals surface area contributed by atoms with Gasteiger partial charge in [-0.2, -0.15) is 0 Å². The molecule has 3 rings (SSSR count). The van der Waals surface area contributed by atoms with Gasteiger partial charge in [-0.25, -0.2) is 19.9 Å². The molecule has 0 unspecified atom stereocenters. The van der Waals surface area contributed by atoms with Gasteiger partial charge in [-0.05, 0) is 41.1 Å². The normalized spacial score (nSPS) is 12.3. The topological polar surface area (TPSA) is 60.8 Å². The molecule has 3 aromatic rings. The Morgan fingerprint density at radius 2 is 1.90 bits per heavy atom. The fourth-order valence-corrected chi connectivity index (χ4v) is 2.50. The van der Waals surface area contributed by atoms with Crippen LogP contribution < -0.4 is 4.74 Å². The van der Waals surface area contributed by atoms with Crippen LogP contribution in [0.25, 0.3) is 10.9 Å². The van der Waals surface area contributed by atoms with Crippen LogP contribution in [0.15, 0.2) is 41.4 Å². The zero-order valence-corrected chi connectivity index (χ0v) is 13.3. The third-order valence-electron chi connectivity index (χ3n) is 2.89. The van der Waals surface area contributed by atoms with Gasteiger partial charge < -0.3 is 4.74 Å². The van der Waals surface area contributed by atoms with Crippen molar-refractivity contribution in [3.8, 4) is 5.75 Å². The maximum atomic E-state index is 6.09. The SMILES string of the molecule is C[C@@H](Oc1cc2c(Cl)ncnc2cc1Br)c1ncccn1. The molecule has 0 aliphatic rings. The molecular weight excluding hydrogens is 356 g/mol. The molecular formula is C14H10BrClN4O. The molecule has 0 saturated heterocycles. The summed E-state index contributed by atoms with van der Waals surface area (Å²) in [4.78, 5) is 16.5. The molecule has 0 bridgehead atoms. The molecule has 0 aliphatic carbocycles. The van der Waals surface area contributed by atoms with Crippen LogP contribution in [0.4, 0.5) is 0 Å². The lowest BCUT2D eigenvalue weighted by Gasteiger charge is -2.15. The minimum atomic E-state index is -0.289. The summed E-state index contributed by atoms with van der Waals surface area (Å²) < 4.78 is 6.69. The van der Waals surface area contributed by atoms with E-state index in [4.69, 9.17) is 16.3 Å². The summed E-state index contributed by atoms with van der Waals surface area (Å²) in [5, 5.41) is 1.12. The van der Waals surface area contributed by atoms with Gasteiger partial charge in [0.1, 0.15) is 17.2 Å². The van der Waals surface area contributed by atoms with Crippen LogP contribution in [-0.2, 0) is 0 Å². The largest absolute Gasteiger partial charge is 0.482 e. The number of nitrogens with zero attached hydrogens (tertiary/aromatic N) is 4. The summed E-state index contributed by atoms with van der Waals surface area (Å²) in [7, 11) is 0. The molecule has 0 amide bonds. The highest BCUT2D eigenvalue weighted by molar-refractivity contribution is 9.10. The lowest BCUT2D eigenvalue weighted by atomic mass is 10.2. The minimum absolute atomic E-state index is 0.289. The second kappa shape index (κ2) is 5.91. The Morgan fingerprint density at radius 3 is 2.67 bits per heavy atom. The predicted octanol–water partition coefficient (Wildman–Crippen LogP) is 3.98.